The molecule has 1 aromatic heterocycles. The monoisotopic (exact) mass is 255 g/mol. The molecular formula is C16H21N3. The standard InChI is InChI=1S/C16H21N3/c1-11(12(2)17)13(3)18-9-8-14-10-19-16-7-5-4-6-15(14)16/h4-7,10-11,17,19H,8-9H2,1-3H3. The Labute approximate surface area is 114 Å². The highest BCUT2D eigenvalue weighted by molar-refractivity contribution is 6.03. The third-order valence-corrected chi connectivity index (χ3v) is 3.69. The van der Waals surface area contributed by atoms with Gasteiger partial charge in [-0.1, -0.05) is 25.1 Å². The van der Waals surface area contributed by atoms with Crippen molar-refractivity contribution >= 4 is 22.3 Å². The number of aromatic amines is 1. The van der Waals surface area contributed by atoms with Crippen LogP contribution in [0.4, 0.5) is 0 Å². The first-order valence-corrected chi connectivity index (χ1v) is 6.70. The van der Waals surface area contributed by atoms with E-state index in [0.29, 0.717) is 5.71 Å². The minimum atomic E-state index is 0.156. The van der Waals surface area contributed by atoms with Crippen LogP contribution in [0.25, 0.3) is 10.9 Å². The quantitative estimate of drug-likeness (QED) is 0.763. The first-order chi connectivity index (χ1) is 9.09. The summed E-state index contributed by atoms with van der Waals surface area (Å²) in [5.74, 6) is 0.156. The van der Waals surface area contributed by atoms with E-state index >= 15 is 0 Å². The lowest BCUT2D eigenvalue weighted by Crippen LogP contribution is -2.15. The lowest BCUT2D eigenvalue weighted by molar-refractivity contribution is 0.936. The van der Waals surface area contributed by atoms with Crippen molar-refractivity contribution in [3.8, 4) is 0 Å². The summed E-state index contributed by atoms with van der Waals surface area (Å²) in [6.07, 6.45) is 3.01. The molecule has 19 heavy (non-hydrogen) atoms. The number of aromatic nitrogens is 1. The van der Waals surface area contributed by atoms with Gasteiger partial charge in [-0.15, -0.1) is 0 Å². The van der Waals surface area contributed by atoms with E-state index in [4.69, 9.17) is 5.41 Å². The van der Waals surface area contributed by atoms with Crippen LogP contribution in [0, 0.1) is 11.3 Å². The Balaban J connectivity index is 2.03. The van der Waals surface area contributed by atoms with E-state index in [2.05, 4.69) is 34.4 Å². The first kappa shape index (κ1) is 13.5. The van der Waals surface area contributed by atoms with Crippen molar-refractivity contribution in [3.63, 3.8) is 0 Å². The van der Waals surface area contributed by atoms with Crippen LogP contribution in [0.3, 0.4) is 0 Å². The summed E-state index contributed by atoms with van der Waals surface area (Å²) in [6, 6.07) is 8.34. The smallest absolute Gasteiger partial charge is 0.0456 e. The van der Waals surface area contributed by atoms with Crippen LogP contribution in [0.1, 0.15) is 26.3 Å². The molecule has 0 saturated carbocycles. The van der Waals surface area contributed by atoms with Gasteiger partial charge in [-0.05, 0) is 31.9 Å². The molecule has 0 saturated heterocycles. The van der Waals surface area contributed by atoms with Crippen molar-refractivity contribution in [1.29, 1.82) is 5.41 Å². The number of benzene rings is 1. The molecule has 3 heteroatoms. The topological polar surface area (TPSA) is 52.0 Å². The number of nitrogens with one attached hydrogen (secondary N) is 2. The van der Waals surface area contributed by atoms with E-state index in [-0.39, 0.29) is 5.92 Å². The molecule has 2 rings (SSSR count). The summed E-state index contributed by atoms with van der Waals surface area (Å²) >= 11 is 0. The van der Waals surface area contributed by atoms with Gasteiger partial charge in [0.1, 0.15) is 0 Å². The fourth-order valence-electron chi connectivity index (χ4n) is 2.14. The lowest BCUT2D eigenvalue weighted by atomic mass is 10.0. The van der Waals surface area contributed by atoms with E-state index in [9.17, 15) is 0 Å². The second-order valence-corrected chi connectivity index (χ2v) is 5.04. The van der Waals surface area contributed by atoms with Gasteiger partial charge in [0.2, 0.25) is 0 Å². The van der Waals surface area contributed by atoms with Crippen molar-refractivity contribution in [1.82, 2.24) is 4.98 Å². The molecule has 0 aliphatic carbocycles. The SMILES string of the molecule is CC(=N)C(C)C(C)=NCCc1c[nH]c2ccccc12. The Hall–Kier alpha value is -1.90. The van der Waals surface area contributed by atoms with Crippen LogP contribution < -0.4 is 0 Å². The number of nitrogens with zero attached hydrogens (tertiary/aromatic N) is 1. The van der Waals surface area contributed by atoms with E-state index in [1.54, 1.807) is 0 Å². The molecule has 0 fully saturated rings. The van der Waals surface area contributed by atoms with Crippen LogP contribution >= 0.6 is 0 Å². The van der Waals surface area contributed by atoms with Gasteiger partial charge in [0.05, 0.1) is 0 Å². The Morgan fingerprint density at radius 3 is 2.79 bits per heavy atom. The normalized spacial score (nSPS) is 13.7. The average Bonchev–Trinajstić information content (AvgIpc) is 2.81. The van der Waals surface area contributed by atoms with Gasteiger partial charge in [-0.25, -0.2) is 0 Å². The van der Waals surface area contributed by atoms with Crippen molar-refractivity contribution in [2.24, 2.45) is 10.9 Å². The van der Waals surface area contributed by atoms with Crippen molar-refractivity contribution in [2.75, 3.05) is 6.54 Å². The number of hydrogen-bond donors (Lipinski definition) is 2. The Morgan fingerprint density at radius 1 is 1.32 bits per heavy atom. The molecule has 1 unspecified atom stereocenters. The number of fused-ring (bicyclic) bond motifs is 1. The highest BCUT2D eigenvalue weighted by Crippen LogP contribution is 2.18. The molecular weight excluding hydrogens is 234 g/mol. The van der Waals surface area contributed by atoms with Crippen LogP contribution in [0.5, 0.6) is 0 Å². The molecule has 1 atom stereocenters. The predicted octanol–water partition coefficient (Wildman–Crippen LogP) is 3.85. The number of aliphatic imine (C=N–C) groups is 1. The fourth-order valence-corrected chi connectivity index (χ4v) is 2.14. The van der Waals surface area contributed by atoms with Crippen LogP contribution in [-0.4, -0.2) is 23.0 Å². The molecule has 2 aromatic rings. The molecule has 0 aliphatic rings. The van der Waals surface area contributed by atoms with Gasteiger partial charge in [-0.2, -0.15) is 0 Å². The van der Waals surface area contributed by atoms with Crippen LogP contribution in [0.2, 0.25) is 0 Å². The van der Waals surface area contributed by atoms with E-state index in [1.807, 2.05) is 26.8 Å². The molecule has 0 radical (unpaired) electrons. The molecule has 3 nitrogen and oxygen atoms in total. The van der Waals surface area contributed by atoms with Gasteiger partial charge >= 0.3 is 0 Å². The Kier molecular flexibility index (Phi) is 4.15. The van der Waals surface area contributed by atoms with E-state index < -0.39 is 0 Å². The summed E-state index contributed by atoms with van der Waals surface area (Å²) < 4.78 is 0. The van der Waals surface area contributed by atoms with Crippen LogP contribution in [-0.2, 0) is 6.42 Å². The molecule has 0 spiro atoms. The van der Waals surface area contributed by atoms with E-state index in [0.717, 1.165) is 18.7 Å². The average molecular weight is 255 g/mol. The van der Waals surface area contributed by atoms with Crippen molar-refractivity contribution in [2.45, 2.75) is 27.2 Å². The minimum absolute atomic E-state index is 0.156. The fraction of sp³-hybridized carbons (Fsp3) is 0.375. The van der Waals surface area contributed by atoms with Gasteiger partial charge in [-0.3, -0.25) is 4.99 Å². The Bertz CT molecular complexity index is 607. The lowest BCUT2D eigenvalue weighted by Gasteiger charge is -2.09. The second kappa shape index (κ2) is 5.83. The van der Waals surface area contributed by atoms with Gasteiger partial charge in [0.15, 0.2) is 0 Å². The summed E-state index contributed by atoms with van der Waals surface area (Å²) in [4.78, 5) is 7.87. The van der Waals surface area contributed by atoms with Crippen molar-refractivity contribution in [3.05, 3.63) is 36.0 Å². The molecule has 2 N–H and O–H groups in total. The summed E-state index contributed by atoms with van der Waals surface area (Å²) in [6.45, 7) is 6.67. The maximum atomic E-state index is 7.63. The maximum absolute atomic E-state index is 7.63. The first-order valence-electron chi connectivity index (χ1n) is 6.70. The highest BCUT2D eigenvalue weighted by atomic mass is 14.7. The second-order valence-electron chi connectivity index (χ2n) is 5.04. The van der Waals surface area contributed by atoms with Crippen LogP contribution in [0.15, 0.2) is 35.5 Å². The molecule has 0 amide bonds. The zero-order valence-corrected chi connectivity index (χ0v) is 11.8. The largest absolute Gasteiger partial charge is 0.361 e. The maximum Gasteiger partial charge on any atom is 0.0456 e. The number of H-pyrrole nitrogens is 1. The highest BCUT2D eigenvalue weighted by Gasteiger charge is 2.07. The summed E-state index contributed by atoms with van der Waals surface area (Å²) in [5.41, 5.74) is 4.22. The Morgan fingerprint density at radius 2 is 2.05 bits per heavy atom. The molecule has 0 aliphatic heterocycles. The van der Waals surface area contributed by atoms with Gasteiger partial charge in [0.25, 0.3) is 0 Å². The summed E-state index contributed by atoms with van der Waals surface area (Å²) in [7, 11) is 0. The third kappa shape index (κ3) is 3.11. The number of para-hydroxylation sites is 1. The molecule has 1 heterocycles. The summed E-state index contributed by atoms with van der Waals surface area (Å²) in [5, 5.41) is 8.91. The molecule has 100 valence electrons. The molecule has 1 aromatic carbocycles. The van der Waals surface area contributed by atoms with E-state index in [1.165, 1.54) is 16.5 Å². The number of rotatable bonds is 5. The minimum Gasteiger partial charge on any atom is -0.361 e. The third-order valence-electron chi connectivity index (χ3n) is 3.69. The zero-order valence-electron chi connectivity index (χ0n) is 11.8. The predicted molar refractivity (Wildman–Crippen MR) is 82.5 cm³/mol. The molecule has 0 bridgehead atoms. The van der Waals surface area contributed by atoms with Gasteiger partial charge < -0.3 is 10.4 Å². The zero-order chi connectivity index (χ0) is 13.8. The number of hydrogen-bond acceptors (Lipinski definition) is 2. The van der Waals surface area contributed by atoms with Gasteiger partial charge in [0, 0.05) is 41.0 Å². The van der Waals surface area contributed by atoms with Crippen molar-refractivity contribution < 1.29 is 0 Å².